The highest BCUT2D eigenvalue weighted by Gasteiger charge is 2.40. The van der Waals surface area contributed by atoms with Gasteiger partial charge < -0.3 is 10.5 Å². The van der Waals surface area contributed by atoms with Crippen molar-refractivity contribution >= 4 is 5.97 Å². The lowest BCUT2D eigenvalue weighted by Gasteiger charge is -2.19. The number of hydrogen-bond acceptors (Lipinski definition) is 3. The predicted molar refractivity (Wildman–Crippen MR) is 41.9 cm³/mol. The van der Waals surface area contributed by atoms with Gasteiger partial charge in [0.05, 0.1) is 12.5 Å². The number of carbonyl (C=O) groups excluding carboxylic acids is 1. The molecule has 0 amide bonds. The van der Waals surface area contributed by atoms with E-state index in [1.165, 1.54) is 7.11 Å². The Hall–Kier alpha value is -0.570. The van der Waals surface area contributed by atoms with E-state index in [1.807, 2.05) is 6.92 Å². The number of ether oxygens (including phenoxy) is 1. The van der Waals surface area contributed by atoms with Crippen molar-refractivity contribution in [2.45, 2.75) is 32.2 Å². The van der Waals surface area contributed by atoms with Crippen molar-refractivity contribution in [3.8, 4) is 0 Å². The number of carbonyl (C=O) groups is 1. The normalized spacial score (nSPS) is 37.2. The van der Waals surface area contributed by atoms with E-state index in [4.69, 9.17) is 10.5 Å². The van der Waals surface area contributed by atoms with Crippen LogP contribution in [-0.4, -0.2) is 19.1 Å². The van der Waals surface area contributed by atoms with Gasteiger partial charge in [-0.25, -0.2) is 0 Å². The molecule has 0 radical (unpaired) electrons. The number of rotatable bonds is 1. The Balaban J connectivity index is 2.61. The highest BCUT2D eigenvalue weighted by Crippen LogP contribution is 2.37. The third-order valence-electron chi connectivity index (χ3n) is 2.46. The summed E-state index contributed by atoms with van der Waals surface area (Å²) in [5, 5.41) is 0. The van der Waals surface area contributed by atoms with E-state index < -0.39 is 0 Å². The zero-order valence-corrected chi connectivity index (χ0v) is 7.09. The third-order valence-corrected chi connectivity index (χ3v) is 2.46. The first-order valence-corrected chi connectivity index (χ1v) is 3.92. The molecule has 1 rings (SSSR count). The van der Waals surface area contributed by atoms with E-state index in [-0.39, 0.29) is 17.4 Å². The van der Waals surface area contributed by atoms with Crippen LogP contribution in [-0.2, 0) is 9.53 Å². The molecule has 1 saturated carbocycles. The predicted octanol–water partition coefficient (Wildman–Crippen LogP) is 0.677. The van der Waals surface area contributed by atoms with Crippen molar-refractivity contribution in [3.05, 3.63) is 0 Å². The van der Waals surface area contributed by atoms with E-state index in [9.17, 15) is 4.79 Å². The SMILES string of the molecule is COC(=O)[C@]1(C)CC[C@@H](N)C1. The minimum atomic E-state index is -0.311. The maximum atomic E-state index is 11.2. The van der Waals surface area contributed by atoms with Crippen LogP contribution >= 0.6 is 0 Å². The van der Waals surface area contributed by atoms with Crippen molar-refractivity contribution in [1.82, 2.24) is 0 Å². The first-order valence-electron chi connectivity index (χ1n) is 3.92. The Labute approximate surface area is 66.9 Å². The summed E-state index contributed by atoms with van der Waals surface area (Å²) in [5.41, 5.74) is 5.38. The second-order valence-electron chi connectivity index (χ2n) is 3.56. The van der Waals surface area contributed by atoms with Gasteiger partial charge in [-0.05, 0) is 26.2 Å². The van der Waals surface area contributed by atoms with Crippen LogP contribution in [0.25, 0.3) is 0 Å². The molecule has 0 unspecified atom stereocenters. The fraction of sp³-hybridized carbons (Fsp3) is 0.875. The summed E-state index contributed by atoms with van der Waals surface area (Å²) in [7, 11) is 1.43. The molecule has 2 N–H and O–H groups in total. The Morgan fingerprint density at radius 1 is 1.73 bits per heavy atom. The third kappa shape index (κ3) is 1.53. The zero-order valence-electron chi connectivity index (χ0n) is 7.09. The molecule has 0 bridgehead atoms. The van der Waals surface area contributed by atoms with Crippen LogP contribution in [0.15, 0.2) is 0 Å². The highest BCUT2D eigenvalue weighted by atomic mass is 16.5. The summed E-state index contributed by atoms with van der Waals surface area (Å²) in [6.07, 6.45) is 2.56. The molecule has 0 saturated heterocycles. The average Bonchev–Trinajstić information content (AvgIpc) is 2.31. The van der Waals surface area contributed by atoms with Gasteiger partial charge in [0.2, 0.25) is 0 Å². The molecule has 0 heterocycles. The Morgan fingerprint density at radius 2 is 2.36 bits per heavy atom. The van der Waals surface area contributed by atoms with Gasteiger partial charge in [-0.2, -0.15) is 0 Å². The van der Waals surface area contributed by atoms with Crippen LogP contribution in [0.5, 0.6) is 0 Å². The smallest absolute Gasteiger partial charge is 0.311 e. The van der Waals surface area contributed by atoms with Crippen LogP contribution in [0, 0.1) is 5.41 Å². The summed E-state index contributed by atoms with van der Waals surface area (Å²) >= 11 is 0. The topological polar surface area (TPSA) is 52.3 Å². The minimum absolute atomic E-state index is 0.120. The van der Waals surface area contributed by atoms with Crippen LogP contribution < -0.4 is 5.73 Å². The second-order valence-corrected chi connectivity index (χ2v) is 3.56. The lowest BCUT2D eigenvalue weighted by Crippen LogP contribution is -2.28. The fourth-order valence-electron chi connectivity index (χ4n) is 1.72. The molecule has 0 aromatic carbocycles. The molecule has 11 heavy (non-hydrogen) atoms. The number of hydrogen-bond donors (Lipinski definition) is 1. The summed E-state index contributed by atoms with van der Waals surface area (Å²) in [6.45, 7) is 1.92. The lowest BCUT2D eigenvalue weighted by molar-refractivity contribution is -0.151. The second kappa shape index (κ2) is 2.81. The van der Waals surface area contributed by atoms with Crippen molar-refractivity contribution in [2.75, 3.05) is 7.11 Å². The standard InChI is InChI=1S/C8H15NO2/c1-8(7(10)11-2)4-3-6(9)5-8/h6H,3-5,9H2,1-2H3/t6-,8-/m1/s1. The Morgan fingerprint density at radius 3 is 2.73 bits per heavy atom. The van der Waals surface area contributed by atoms with Crippen LogP contribution in [0.2, 0.25) is 0 Å². The molecular formula is C8H15NO2. The maximum Gasteiger partial charge on any atom is 0.311 e. The first kappa shape index (κ1) is 8.53. The molecule has 3 heteroatoms. The van der Waals surface area contributed by atoms with Crippen molar-refractivity contribution < 1.29 is 9.53 Å². The summed E-state index contributed by atoms with van der Waals surface area (Å²) in [5.74, 6) is -0.120. The lowest BCUT2D eigenvalue weighted by atomic mass is 9.89. The quantitative estimate of drug-likeness (QED) is 0.569. The molecule has 0 aromatic rings. The number of methoxy groups -OCH3 is 1. The summed E-state index contributed by atoms with van der Waals surface area (Å²) in [6, 6.07) is 0.180. The number of nitrogens with two attached hydrogens (primary N) is 1. The van der Waals surface area contributed by atoms with Gasteiger partial charge in [-0.3, -0.25) is 4.79 Å². The van der Waals surface area contributed by atoms with E-state index >= 15 is 0 Å². The Kier molecular flexibility index (Phi) is 2.18. The molecule has 0 spiro atoms. The molecule has 0 aromatic heterocycles. The molecule has 0 aliphatic heterocycles. The zero-order chi connectivity index (χ0) is 8.48. The van der Waals surface area contributed by atoms with E-state index in [1.54, 1.807) is 0 Å². The number of esters is 1. The van der Waals surface area contributed by atoms with Crippen LogP contribution in [0.1, 0.15) is 26.2 Å². The van der Waals surface area contributed by atoms with Crippen molar-refractivity contribution in [3.63, 3.8) is 0 Å². The van der Waals surface area contributed by atoms with E-state index in [0.29, 0.717) is 0 Å². The molecular weight excluding hydrogens is 142 g/mol. The van der Waals surface area contributed by atoms with Crippen molar-refractivity contribution in [1.29, 1.82) is 0 Å². The highest BCUT2D eigenvalue weighted by molar-refractivity contribution is 5.76. The fourth-order valence-corrected chi connectivity index (χ4v) is 1.72. The molecule has 1 aliphatic rings. The van der Waals surface area contributed by atoms with Gasteiger partial charge in [0.25, 0.3) is 0 Å². The van der Waals surface area contributed by atoms with Gasteiger partial charge in [0.15, 0.2) is 0 Å². The maximum absolute atomic E-state index is 11.2. The summed E-state index contributed by atoms with van der Waals surface area (Å²) in [4.78, 5) is 11.2. The Bertz CT molecular complexity index is 169. The van der Waals surface area contributed by atoms with Crippen LogP contribution in [0.3, 0.4) is 0 Å². The molecule has 1 aliphatic carbocycles. The first-order chi connectivity index (χ1) is 5.08. The van der Waals surface area contributed by atoms with Gasteiger partial charge in [0.1, 0.15) is 0 Å². The van der Waals surface area contributed by atoms with Gasteiger partial charge in [0, 0.05) is 6.04 Å². The largest absolute Gasteiger partial charge is 0.469 e. The molecule has 64 valence electrons. The van der Waals surface area contributed by atoms with Gasteiger partial charge in [-0.15, -0.1) is 0 Å². The van der Waals surface area contributed by atoms with Crippen molar-refractivity contribution in [2.24, 2.45) is 11.1 Å². The van der Waals surface area contributed by atoms with Gasteiger partial charge in [-0.1, -0.05) is 0 Å². The van der Waals surface area contributed by atoms with Crippen LogP contribution in [0.4, 0.5) is 0 Å². The summed E-state index contributed by atoms with van der Waals surface area (Å²) < 4.78 is 4.69. The molecule has 2 atom stereocenters. The molecule has 3 nitrogen and oxygen atoms in total. The van der Waals surface area contributed by atoms with E-state index in [2.05, 4.69) is 0 Å². The minimum Gasteiger partial charge on any atom is -0.469 e. The monoisotopic (exact) mass is 157 g/mol. The average molecular weight is 157 g/mol. The van der Waals surface area contributed by atoms with Gasteiger partial charge >= 0.3 is 5.97 Å². The van der Waals surface area contributed by atoms with E-state index in [0.717, 1.165) is 19.3 Å². The molecule has 1 fully saturated rings.